The third-order valence-electron chi connectivity index (χ3n) is 2.67. The van der Waals surface area contributed by atoms with Crippen LogP contribution in [-0.4, -0.2) is 6.04 Å². The van der Waals surface area contributed by atoms with Crippen LogP contribution in [0.4, 0.5) is 4.39 Å². The first kappa shape index (κ1) is 12.7. The lowest BCUT2D eigenvalue weighted by molar-refractivity contribution is 0.470. The molecule has 1 rings (SSSR count). The van der Waals surface area contributed by atoms with E-state index in [1.165, 1.54) is 6.07 Å². The minimum Gasteiger partial charge on any atom is -0.297 e. The van der Waals surface area contributed by atoms with Gasteiger partial charge in [-0.3, -0.25) is 5.32 Å². The van der Waals surface area contributed by atoms with E-state index in [1.54, 1.807) is 12.1 Å². The normalized spacial score (nSPS) is 14.1. The van der Waals surface area contributed by atoms with Gasteiger partial charge < -0.3 is 0 Å². The first-order valence-corrected chi connectivity index (χ1v) is 5.68. The molecule has 0 aliphatic rings. The number of rotatable bonds is 5. The summed E-state index contributed by atoms with van der Waals surface area (Å²) < 4.78 is 13.1. The lowest BCUT2D eigenvalue weighted by atomic mass is 10.0. The van der Waals surface area contributed by atoms with Crippen LogP contribution in [0.1, 0.15) is 38.3 Å². The van der Waals surface area contributed by atoms with Crippen molar-refractivity contribution in [1.29, 1.82) is 0 Å². The van der Waals surface area contributed by atoms with Crippen LogP contribution < -0.4 is 5.32 Å². The lowest BCUT2D eigenvalue weighted by Gasteiger charge is -2.21. The first-order valence-electron chi connectivity index (χ1n) is 5.68. The highest BCUT2D eigenvalue weighted by molar-refractivity contribution is 5.20. The summed E-state index contributed by atoms with van der Waals surface area (Å²) in [6.07, 6.45) is 7.18. The number of benzene rings is 1. The minimum atomic E-state index is -0.202. The van der Waals surface area contributed by atoms with Gasteiger partial charge in [-0.25, -0.2) is 4.39 Å². The molecule has 0 aliphatic carbocycles. The lowest BCUT2D eigenvalue weighted by Crippen LogP contribution is -2.30. The van der Waals surface area contributed by atoms with Gasteiger partial charge in [0.15, 0.2) is 0 Å². The van der Waals surface area contributed by atoms with E-state index >= 15 is 0 Å². The molecule has 0 radical (unpaired) electrons. The van der Waals surface area contributed by atoms with Crippen LogP contribution in [0.3, 0.4) is 0 Å². The maximum absolute atomic E-state index is 13.1. The third kappa shape index (κ3) is 3.36. The molecule has 1 nitrogen and oxygen atoms in total. The molecule has 0 amide bonds. The summed E-state index contributed by atoms with van der Waals surface area (Å²) in [4.78, 5) is 0. The van der Waals surface area contributed by atoms with Crippen molar-refractivity contribution in [2.24, 2.45) is 0 Å². The Bertz CT molecular complexity index is 367. The molecule has 0 fully saturated rings. The summed E-state index contributed by atoms with van der Waals surface area (Å²) in [7, 11) is 0. The summed E-state index contributed by atoms with van der Waals surface area (Å²) in [6, 6.07) is 6.84. The van der Waals surface area contributed by atoms with Crippen molar-refractivity contribution in [2.45, 2.75) is 38.8 Å². The van der Waals surface area contributed by atoms with E-state index in [1.807, 2.05) is 13.0 Å². The third-order valence-corrected chi connectivity index (χ3v) is 2.67. The fourth-order valence-corrected chi connectivity index (χ4v) is 1.70. The van der Waals surface area contributed by atoms with E-state index in [0.717, 1.165) is 18.4 Å². The second kappa shape index (κ2) is 6.30. The van der Waals surface area contributed by atoms with Crippen molar-refractivity contribution in [3.05, 3.63) is 35.6 Å². The average Bonchev–Trinajstić information content (AvgIpc) is 2.31. The quantitative estimate of drug-likeness (QED) is 0.749. The molecule has 0 bridgehead atoms. The number of halogens is 1. The molecule has 0 heterocycles. The zero-order valence-corrected chi connectivity index (χ0v) is 9.83. The zero-order chi connectivity index (χ0) is 12.0. The maximum Gasteiger partial charge on any atom is 0.123 e. The van der Waals surface area contributed by atoms with Crippen molar-refractivity contribution in [3.8, 4) is 12.3 Å². The SMILES string of the molecule is C#CC(CC)NC(CC)c1cccc(F)c1. The molecule has 1 N–H and O–H groups in total. The number of terminal acetylenes is 1. The maximum atomic E-state index is 13.1. The highest BCUT2D eigenvalue weighted by Crippen LogP contribution is 2.18. The summed E-state index contributed by atoms with van der Waals surface area (Å²) >= 11 is 0. The van der Waals surface area contributed by atoms with Crippen LogP contribution in [0.15, 0.2) is 24.3 Å². The number of hydrogen-bond donors (Lipinski definition) is 1. The van der Waals surface area contributed by atoms with Gasteiger partial charge in [-0.05, 0) is 30.5 Å². The van der Waals surface area contributed by atoms with E-state index in [-0.39, 0.29) is 17.9 Å². The van der Waals surface area contributed by atoms with Crippen molar-refractivity contribution < 1.29 is 4.39 Å². The largest absolute Gasteiger partial charge is 0.297 e. The molecule has 1 aromatic rings. The van der Waals surface area contributed by atoms with Crippen LogP contribution >= 0.6 is 0 Å². The fraction of sp³-hybridized carbons (Fsp3) is 0.429. The smallest absolute Gasteiger partial charge is 0.123 e. The van der Waals surface area contributed by atoms with Gasteiger partial charge in [-0.15, -0.1) is 6.42 Å². The Balaban J connectivity index is 2.79. The standard InChI is InChI=1S/C14H18FN/c1-4-13(5-2)16-14(6-3)11-8-7-9-12(15)10-11/h1,7-10,13-14,16H,5-6H2,2-3H3. The zero-order valence-electron chi connectivity index (χ0n) is 9.83. The molecule has 2 unspecified atom stereocenters. The average molecular weight is 219 g/mol. The summed E-state index contributed by atoms with van der Waals surface area (Å²) in [5, 5.41) is 3.34. The second-order valence-corrected chi connectivity index (χ2v) is 3.81. The summed E-state index contributed by atoms with van der Waals surface area (Å²) in [6.45, 7) is 4.10. The molecule has 0 aromatic heterocycles. The van der Waals surface area contributed by atoms with Gasteiger partial charge in [-0.2, -0.15) is 0 Å². The van der Waals surface area contributed by atoms with Crippen LogP contribution in [-0.2, 0) is 0 Å². The molecule has 16 heavy (non-hydrogen) atoms. The molecule has 0 spiro atoms. The van der Waals surface area contributed by atoms with Gasteiger partial charge in [0.1, 0.15) is 5.82 Å². The first-order chi connectivity index (χ1) is 7.71. The van der Waals surface area contributed by atoms with E-state index in [4.69, 9.17) is 6.42 Å². The molecule has 2 heteroatoms. The molecule has 0 saturated heterocycles. The predicted molar refractivity (Wildman–Crippen MR) is 65.5 cm³/mol. The molecular formula is C14H18FN. The Hall–Kier alpha value is -1.33. The van der Waals surface area contributed by atoms with Gasteiger partial charge in [0, 0.05) is 6.04 Å². The monoisotopic (exact) mass is 219 g/mol. The molecular weight excluding hydrogens is 201 g/mol. The van der Waals surface area contributed by atoms with Crippen LogP contribution in [0.2, 0.25) is 0 Å². The minimum absolute atomic E-state index is 0.0493. The van der Waals surface area contributed by atoms with Crippen molar-refractivity contribution >= 4 is 0 Å². The molecule has 0 aliphatic heterocycles. The van der Waals surface area contributed by atoms with Crippen LogP contribution in [0, 0.1) is 18.2 Å². The van der Waals surface area contributed by atoms with E-state index in [2.05, 4.69) is 18.2 Å². The van der Waals surface area contributed by atoms with E-state index in [0.29, 0.717) is 0 Å². The van der Waals surface area contributed by atoms with Crippen LogP contribution in [0.25, 0.3) is 0 Å². The van der Waals surface area contributed by atoms with E-state index < -0.39 is 0 Å². The molecule has 86 valence electrons. The summed E-state index contributed by atoms with van der Waals surface area (Å²) in [5.41, 5.74) is 0.955. The second-order valence-electron chi connectivity index (χ2n) is 3.81. The summed E-state index contributed by atoms with van der Waals surface area (Å²) in [5.74, 6) is 2.49. The van der Waals surface area contributed by atoms with Gasteiger partial charge in [0.25, 0.3) is 0 Å². The Kier molecular flexibility index (Phi) is 5.01. The van der Waals surface area contributed by atoms with Gasteiger partial charge >= 0.3 is 0 Å². The fourth-order valence-electron chi connectivity index (χ4n) is 1.70. The molecule has 0 saturated carbocycles. The Labute approximate surface area is 97.1 Å². The van der Waals surface area contributed by atoms with Crippen molar-refractivity contribution in [2.75, 3.05) is 0 Å². The number of nitrogens with one attached hydrogen (secondary N) is 1. The highest BCUT2D eigenvalue weighted by Gasteiger charge is 2.12. The molecule has 2 atom stereocenters. The van der Waals surface area contributed by atoms with Crippen LogP contribution in [0.5, 0.6) is 0 Å². The van der Waals surface area contributed by atoms with E-state index in [9.17, 15) is 4.39 Å². The Morgan fingerprint density at radius 2 is 2.12 bits per heavy atom. The number of hydrogen-bond acceptors (Lipinski definition) is 1. The molecule has 1 aromatic carbocycles. The Morgan fingerprint density at radius 3 is 2.62 bits per heavy atom. The van der Waals surface area contributed by atoms with Crippen molar-refractivity contribution in [1.82, 2.24) is 5.32 Å². The van der Waals surface area contributed by atoms with Gasteiger partial charge in [0.05, 0.1) is 6.04 Å². The predicted octanol–water partition coefficient (Wildman–Crippen LogP) is 3.28. The Morgan fingerprint density at radius 1 is 1.38 bits per heavy atom. The van der Waals surface area contributed by atoms with Gasteiger partial charge in [0.2, 0.25) is 0 Å². The van der Waals surface area contributed by atoms with Crippen molar-refractivity contribution in [3.63, 3.8) is 0 Å². The highest BCUT2D eigenvalue weighted by atomic mass is 19.1. The topological polar surface area (TPSA) is 12.0 Å². The van der Waals surface area contributed by atoms with Gasteiger partial charge in [-0.1, -0.05) is 31.9 Å².